The minimum Gasteiger partial charge on any atom is -0.358 e. The molecule has 1 amide bonds. The quantitative estimate of drug-likeness (QED) is 0.791. The zero-order valence-corrected chi connectivity index (χ0v) is 13.7. The second-order valence-electron chi connectivity index (χ2n) is 4.52. The van der Waals surface area contributed by atoms with Gasteiger partial charge in [0.25, 0.3) is 0 Å². The number of amides is 1. The van der Waals surface area contributed by atoms with Crippen LogP contribution in [-0.4, -0.2) is 51.4 Å². The van der Waals surface area contributed by atoms with Gasteiger partial charge in [-0.2, -0.15) is 4.31 Å². The second-order valence-corrected chi connectivity index (χ2v) is 7.30. The summed E-state index contributed by atoms with van der Waals surface area (Å²) in [5.41, 5.74) is 0. The van der Waals surface area contributed by atoms with Gasteiger partial charge in [0.1, 0.15) is 16.8 Å². The SMILES string of the molecule is CNC(=O)C1CNCCN1S(=O)(=O)c1ccc(Br)cc1F. The molecule has 2 N–H and O–H groups in total. The Morgan fingerprint density at radius 1 is 1.52 bits per heavy atom. The highest BCUT2D eigenvalue weighted by Crippen LogP contribution is 2.24. The van der Waals surface area contributed by atoms with Crippen molar-refractivity contribution in [2.24, 2.45) is 0 Å². The summed E-state index contributed by atoms with van der Waals surface area (Å²) in [6, 6.07) is 2.84. The minimum atomic E-state index is -4.08. The van der Waals surface area contributed by atoms with Gasteiger partial charge in [-0.05, 0) is 18.2 Å². The van der Waals surface area contributed by atoms with E-state index in [1.54, 1.807) is 0 Å². The molecule has 0 radical (unpaired) electrons. The van der Waals surface area contributed by atoms with Crippen LogP contribution < -0.4 is 10.6 Å². The molecule has 0 aliphatic carbocycles. The number of nitrogens with one attached hydrogen (secondary N) is 2. The molecule has 0 bridgehead atoms. The maximum absolute atomic E-state index is 14.0. The summed E-state index contributed by atoms with van der Waals surface area (Å²) >= 11 is 3.08. The molecule has 0 saturated carbocycles. The highest BCUT2D eigenvalue weighted by molar-refractivity contribution is 9.10. The van der Waals surface area contributed by atoms with Gasteiger partial charge < -0.3 is 10.6 Å². The predicted molar refractivity (Wildman–Crippen MR) is 78.7 cm³/mol. The molecule has 1 atom stereocenters. The molecule has 1 aromatic rings. The van der Waals surface area contributed by atoms with Gasteiger partial charge >= 0.3 is 0 Å². The van der Waals surface area contributed by atoms with Crippen molar-refractivity contribution >= 4 is 31.9 Å². The molecule has 0 aromatic heterocycles. The summed E-state index contributed by atoms with van der Waals surface area (Å²) in [4.78, 5) is 11.4. The summed E-state index contributed by atoms with van der Waals surface area (Å²) < 4.78 is 40.7. The Morgan fingerprint density at radius 3 is 2.86 bits per heavy atom. The van der Waals surface area contributed by atoms with Crippen LogP contribution in [0, 0.1) is 5.82 Å². The number of likely N-dealkylation sites (N-methyl/N-ethyl adjacent to an activating group) is 1. The van der Waals surface area contributed by atoms with Crippen molar-refractivity contribution < 1.29 is 17.6 Å². The van der Waals surface area contributed by atoms with E-state index in [2.05, 4.69) is 26.6 Å². The van der Waals surface area contributed by atoms with Gasteiger partial charge in [-0.1, -0.05) is 15.9 Å². The number of hydrogen-bond acceptors (Lipinski definition) is 4. The van der Waals surface area contributed by atoms with Crippen LogP contribution in [0.4, 0.5) is 4.39 Å². The van der Waals surface area contributed by atoms with Gasteiger partial charge in [-0.3, -0.25) is 4.79 Å². The highest BCUT2D eigenvalue weighted by atomic mass is 79.9. The number of carbonyl (C=O) groups is 1. The van der Waals surface area contributed by atoms with E-state index < -0.39 is 32.7 Å². The van der Waals surface area contributed by atoms with E-state index in [9.17, 15) is 17.6 Å². The Kier molecular flexibility index (Phi) is 4.97. The van der Waals surface area contributed by atoms with Crippen molar-refractivity contribution in [3.05, 3.63) is 28.5 Å². The van der Waals surface area contributed by atoms with E-state index >= 15 is 0 Å². The van der Waals surface area contributed by atoms with Gasteiger partial charge in [-0.15, -0.1) is 0 Å². The van der Waals surface area contributed by atoms with Gasteiger partial charge in [-0.25, -0.2) is 12.8 Å². The first-order chi connectivity index (χ1) is 9.87. The molecule has 1 aliphatic heterocycles. The summed E-state index contributed by atoms with van der Waals surface area (Å²) in [5.74, 6) is -1.28. The number of nitrogens with zero attached hydrogens (tertiary/aromatic N) is 1. The van der Waals surface area contributed by atoms with Crippen LogP contribution in [0.2, 0.25) is 0 Å². The smallest absolute Gasteiger partial charge is 0.246 e. The molecule has 9 heteroatoms. The van der Waals surface area contributed by atoms with Gasteiger partial charge in [0.15, 0.2) is 0 Å². The zero-order chi connectivity index (χ0) is 15.6. The van der Waals surface area contributed by atoms with Crippen LogP contribution in [0.5, 0.6) is 0 Å². The number of piperazine rings is 1. The molecule has 1 aromatic carbocycles. The van der Waals surface area contributed by atoms with E-state index in [4.69, 9.17) is 0 Å². The molecule has 1 heterocycles. The molecule has 1 saturated heterocycles. The van der Waals surface area contributed by atoms with Crippen molar-refractivity contribution in [1.29, 1.82) is 0 Å². The lowest BCUT2D eigenvalue weighted by molar-refractivity contribution is -0.124. The third-order valence-corrected chi connectivity index (χ3v) is 5.66. The number of sulfonamides is 1. The van der Waals surface area contributed by atoms with Crippen LogP contribution >= 0.6 is 15.9 Å². The van der Waals surface area contributed by atoms with E-state index in [-0.39, 0.29) is 13.1 Å². The van der Waals surface area contributed by atoms with Crippen LogP contribution in [-0.2, 0) is 14.8 Å². The first-order valence-electron chi connectivity index (χ1n) is 6.27. The third kappa shape index (κ3) is 3.25. The summed E-state index contributed by atoms with van der Waals surface area (Å²) in [5, 5.41) is 5.38. The Labute approximate surface area is 130 Å². The van der Waals surface area contributed by atoms with E-state index in [1.165, 1.54) is 19.2 Å². The van der Waals surface area contributed by atoms with Crippen molar-refractivity contribution in [1.82, 2.24) is 14.9 Å². The lowest BCUT2D eigenvalue weighted by atomic mass is 10.2. The summed E-state index contributed by atoms with van der Waals surface area (Å²) in [7, 11) is -2.64. The molecule has 1 aliphatic rings. The monoisotopic (exact) mass is 379 g/mol. The van der Waals surface area contributed by atoms with Crippen molar-refractivity contribution in [2.45, 2.75) is 10.9 Å². The molecule has 2 rings (SSSR count). The predicted octanol–water partition coefficient (Wildman–Crippen LogP) is 0.297. The molecule has 21 heavy (non-hydrogen) atoms. The highest BCUT2D eigenvalue weighted by Gasteiger charge is 2.38. The molecule has 0 spiro atoms. The molecular weight excluding hydrogens is 365 g/mol. The van der Waals surface area contributed by atoms with Crippen LogP contribution in [0.15, 0.2) is 27.6 Å². The molecule has 1 unspecified atom stereocenters. The fourth-order valence-corrected chi connectivity index (χ4v) is 4.14. The van der Waals surface area contributed by atoms with Crippen molar-refractivity contribution in [3.63, 3.8) is 0 Å². The number of rotatable bonds is 3. The number of halogens is 2. The van der Waals surface area contributed by atoms with Crippen LogP contribution in [0.1, 0.15) is 0 Å². The Bertz CT molecular complexity index is 653. The van der Waals surface area contributed by atoms with Crippen molar-refractivity contribution in [2.75, 3.05) is 26.7 Å². The lowest BCUT2D eigenvalue weighted by Crippen LogP contribution is -2.59. The second kappa shape index (κ2) is 6.39. The lowest BCUT2D eigenvalue weighted by Gasteiger charge is -2.33. The van der Waals surface area contributed by atoms with Crippen LogP contribution in [0.25, 0.3) is 0 Å². The molecule has 116 valence electrons. The standard InChI is InChI=1S/C12H15BrFN3O3S/c1-15-12(18)10-7-16-4-5-17(10)21(19,20)11-3-2-8(13)6-9(11)14/h2-3,6,10,16H,4-5,7H2,1H3,(H,15,18). The van der Waals surface area contributed by atoms with Crippen molar-refractivity contribution in [3.8, 4) is 0 Å². The minimum absolute atomic E-state index is 0.107. The van der Waals surface area contributed by atoms with Gasteiger partial charge in [0.2, 0.25) is 15.9 Å². The van der Waals surface area contributed by atoms with Gasteiger partial charge in [0, 0.05) is 31.2 Å². The Morgan fingerprint density at radius 2 is 2.24 bits per heavy atom. The third-order valence-electron chi connectivity index (χ3n) is 3.22. The molecule has 1 fully saturated rings. The van der Waals surface area contributed by atoms with E-state index in [0.29, 0.717) is 11.0 Å². The number of carbonyl (C=O) groups excluding carboxylic acids is 1. The maximum atomic E-state index is 14.0. The fourth-order valence-electron chi connectivity index (χ4n) is 2.17. The number of hydrogen-bond donors (Lipinski definition) is 2. The summed E-state index contributed by atoms with van der Waals surface area (Å²) in [6.07, 6.45) is 0. The first kappa shape index (κ1) is 16.3. The zero-order valence-electron chi connectivity index (χ0n) is 11.3. The Balaban J connectivity index is 2.43. The normalized spacial score (nSPS) is 20.2. The van der Waals surface area contributed by atoms with E-state index in [0.717, 1.165) is 10.4 Å². The maximum Gasteiger partial charge on any atom is 0.246 e. The average Bonchev–Trinajstić information content (AvgIpc) is 2.46. The largest absolute Gasteiger partial charge is 0.358 e. The molecule has 6 nitrogen and oxygen atoms in total. The van der Waals surface area contributed by atoms with E-state index in [1.807, 2.05) is 0 Å². The fraction of sp³-hybridized carbons (Fsp3) is 0.417. The summed E-state index contributed by atoms with van der Waals surface area (Å²) in [6.45, 7) is 0.706. The average molecular weight is 380 g/mol. The molecular formula is C12H15BrFN3O3S. The first-order valence-corrected chi connectivity index (χ1v) is 8.50. The van der Waals surface area contributed by atoms with Gasteiger partial charge in [0.05, 0.1) is 0 Å². The number of benzene rings is 1. The topological polar surface area (TPSA) is 78.5 Å². The van der Waals surface area contributed by atoms with Crippen LogP contribution in [0.3, 0.4) is 0 Å². The Hall–Kier alpha value is -1.03.